The van der Waals surface area contributed by atoms with E-state index in [0.717, 1.165) is 29.9 Å². The number of rotatable bonds is 5. The zero-order valence-electron chi connectivity index (χ0n) is 9.65. The average molecular weight is 240 g/mol. The quantitative estimate of drug-likeness (QED) is 0.591. The molecule has 1 unspecified atom stereocenters. The second kappa shape index (κ2) is 5.26. The third-order valence-corrected chi connectivity index (χ3v) is 5.45. The zero-order valence-corrected chi connectivity index (χ0v) is 10.5. The minimum atomic E-state index is -0.661. The van der Waals surface area contributed by atoms with Crippen LogP contribution in [0.15, 0.2) is 12.2 Å². The molecule has 0 bridgehead atoms. The Bertz CT molecular complexity index is 288. The van der Waals surface area contributed by atoms with Crippen molar-refractivity contribution in [1.82, 2.24) is 0 Å². The van der Waals surface area contributed by atoms with Gasteiger partial charge in [0.25, 0.3) is 0 Å². The number of unbranched alkanes of at least 4 members (excludes halogenated alkanes) is 1. The summed E-state index contributed by atoms with van der Waals surface area (Å²) in [5, 5.41) is 9.35. The number of carboxylic acids is 1. The van der Waals surface area contributed by atoms with Crippen molar-refractivity contribution >= 4 is 17.7 Å². The van der Waals surface area contributed by atoms with Crippen LogP contribution >= 0.6 is 11.8 Å². The molecule has 2 aliphatic rings. The van der Waals surface area contributed by atoms with Crippen molar-refractivity contribution in [2.24, 2.45) is 11.8 Å². The van der Waals surface area contributed by atoms with E-state index < -0.39 is 5.97 Å². The highest BCUT2D eigenvalue weighted by atomic mass is 32.2. The van der Waals surface area contributed by atoms with Crippen LogP contribution in [0.25, 0.3) is 0 Å². The standard InChI is InChI=1S/C13H20O2S/c1-9-6-10-8-16-12(11(10)7-9)4-2-3-5-13(14)15/h10-12H,1-8H2,(H,14,15)/t10-,11-,12?/m0/s1. The second-order valence-corrected chi connectivity index (χ2v) is 6.37. The molecule has 1 saturated heterocycles. The van der Waals surface area contributed by atoms with Crippen LogP contribution in [0.4, 0.5) is 0 Å². The van der Waals surface area contributed by atoms with Crippen LogP contribution in [0, 0.1) is 11.8 Å². The van der Waals surface area contributed by atoms with Gasteiger partial charge in [0.1, 0.15) is 0 Å². The number of allylic oxidation sites excluding steroid dienone is 1. The van der Waals surface area contributed by atoms with Gasteiger partial charge in [-0.15, -0.1) is 0 Å². The molecule has 0 spiro atoms. The van der Waals surface area contributed by atoms with Crippen molar-refractivity contribution < 1.29 is 9.90 Å². The van der Waals surface area contributed by atoms with Gasteiger partial charge in [-0.1, -0.05) is 18.6 Å². The molecule has 0 aromatic carbocycles. The smallest absolute Gasteiger partial charge is 0.303 e. The predicted octanol–water partition coefficient (Wildman–Crippen LogP) is 3.33. The molecule has 2 nitrogen and oxygen atoms in total. The first kappa shape index (κ1) is 12.0. The number of carbonyl (C=O) groups is 1. The number of hydrogen-bond acceptors (Lipinski definition) is 2. The van der Waals surface area contributed by atoms with E-state index in [1.54, 1.807) is 0 Å². The normalized spacial score (nSPS) is 33.0. The highest BCUT2D eigenvalue weighted by Crippen LogP contribution is 2.50. The van der Waals surface area contributed by atoms with Crippen LogP contribution in [0.2, 0.25) is 0 Å². The third-order valence-electron chi connectivity index (χ3n) is 3.81. The van der Waals surface area contributed by atoms with Crippen molar-refractivity contribution in [2.75, 3.05) is 5.75 Å². The van der Waals surface area contributed by atoms with Gasteiger partial charge in [-0.05, 0) is 43.3 Å². The largest absolute Gasteiger partial charge is 0.481 e. The van der Waals surface area contributed by atoms with Crippen LogP contribution in [0.1, 0.15) is 38.5 Å². The molecule has 1 N–H and O–H groups in total. The molecule has 3 atom stereocenters. The van der Waals surface area contributed by atoms with Gasteiger partial charge in [0.15, 0.2) is 0 Å². The number of fused-ring (bicyclic) bond motifs is 1. The Morgan fingerprint density at radius 2 is 2.25 bits per heavy atom. The summed E-state index contributed by atoms with van der Waals surface area (Å²) in [5.41, 5.74) is 1.44. The van der Waals surface area contributed by atoms with E-state index in [9.17, 15) is 4.79 Å². The molecule has 1 aliphatic heterocycles. The van der Waals surface area contributed by atoms with Gasteiger partial charge in [-0.2, -0.15) is 11.8 Å². The van der Waals surface area contributed by atoms with Gasteiger partial charge >= 0.3 is 5.97 Å². The molecule has 16 heavy (non-hydrogen) atoms. The minimum absolute atomic E-state index is 0.332. The Balaban J connectivity index is 1.70. The lowest BCUT2D eigenvalue weighted by Gasteiger charge is -2.16. The van der Waals surface area contributed by atoms with Crippen molar-refractivity contribution in [2.45, 2.75) is 43.8 Å². The van der Waals surface area contributed by atoms with Gasteiger partial charge in [0.05, 0.1) is 0 Å². The lowest BCUT2D eigenvalue weighted by atomic mass is 9.92. The molecule has 90 valence electrons. The predicted molar refractivity (Wildman–Crippen MR) is 67.7 cm³/mol. The Labute approximate surface area is 101 Å². The fourth-order valence-corrected chi connectivity index (χ4v) is 4.77. The Morgan fingerprint density at radius 3 is 3.00 bits per heavy atom. The Kier molecular flexibility index (Phi) is 3.95. The maximum absolute atomic E-state index is 10.4. The minimum Gasteiger partial charge on any atom is -0.481 e. The first-order valence-electron chi connectivity index (χ1n) is 6.17. The molecular formula is C13H20O2S. The van der Waals surface area contributed by atoms with Crippen LogP contribution in [0.3, 0.4) is 0 Å². The molecule has 0 aromatic rings. The van der Waals surface area contributed by atoms with Crippen LogP contribution in [-0.2, 0) is 4.79 Å². The number of hydrogen-bond donors (Lipinski definition) is 1. The summed E-state index contributed by atoms with van der Waals surface area (Å²) in [6.45, 7) is 4.10. The maximum Gasteiger partial charge on any atom is 0.303 e. The second-order valence-electron chi connectivity index (χ2n) is 5.09. The third kappa shape index (κ3) is 2.82. The fourth-order valence-electron chi connectivity index (χ4n) is 3.01. The van der Waals surface area contributed by atoms with Crippen LogP contribution < -0.4 is 0 Å². The summed E-state index contributed by atoms with van der Waals surface area (Å²) in [4.78, 5) is 10.4. The van der Waals surface area contributed by atoms with E-state index in [0.29, 0.717) is 6.42 Å². The number of thioether (sulfide) groups is 1. The summed E-state index contributed by atoms with van der Waals surface area (Å²) in [6, 6.07) is 0. The van der Waals surface area contributed by atoms with Crippen LogP contribution in [-0.4, -0.2) is 22.1 Å². The topological polar surface area (TPSA) is 37.3 Å². The van der Waals surface area contributed by atoms with E-state index >= 15 is 0 Å². The first-order valence-corrected chi connectivity index (χ1v) is 7.21. The summed E-state index contributed by atoms with van der Waals surface area (Å²) in [5.74, 6) is 2.36. The van der Waals surface area contributed by atoms with Gasteiger partial charge in [0.2, 0.25) is 0 Å². The highest BCUT2D eigenvalue weighted by Gasteiger charge is 2.40. The molecular weight excluding hydrogens is 220 g/mol. The van der Waals surface area contributed by atoms with Gasteiger partial charge < -0.3 is 5.11 Å². The lowest BCUT2D eigenvalue weighted by Crippen LogP contribution is -2.13. The zero-order chi connectivity index (χ0) is 11.5. The van der Waals surface area contributed by atoms with Crippen molar-refractivity contribution in [3.63, 3.8) is 0 Å². The number of aliphatic carboxylic acids is 1. The van der Waals surface area contributed by atoms with Gasteiger partial charge in [-0.25, -0.2) is 0 Å². The Hall–Kier alpha value is -0.440. The van der Waals surface area contributed by atoms with Crippen molar-refractivity contribution in [3.8, 4) is 0 Å². The van der Waals surface area contributed by atoms with Crippen molar-refractivity contribution in [1.29, 1.82) is 0 Å². The molecule has 1 heterocycles. The Morgan fingerprint density at radius 1 is 1.44 bits per heavy atom. The fraction of sp³-hybridized carbons (Fsp3) is 0.769. The van der Waals surface area contributed by atoms with Gasteiger partial charge in [0, 0.05) is 11.7 Å². The first-order chi connectivity index (χ1) is 7.66. The SMILES string of the molecule is C=C1C[C@H]2CSC(CCCCC(=O)O)[C@H]2C1. The van der Waals surface area contributed by atoms with Gasteiger partial charge in [-0.3, -0.25) is 4.79 Å². The van der Waals surface area contributed by atoms with E-state index in [2.05, 4.69) is 18.3 Å². The summed E-state index contributed by atoms with van der Waals surface area (Å²) < 4.78 is 0. The molecule has 2 fully saturated rings. The van der Waals surface area contributed by atoms with Crippen LogP contribution in [0.5, 0.6) is 0 Å². The van der Waals surface area contributed by atoms with E-state index in [4.69, 9.17) is 5.11 Å². The monoisotopic (exact) mass is 240 g/mol. The summed E-state index contributed by atoms with van der Waals surface area (Å²) in [7, 11) is 0. The number of carboxylic acid groups (broad SMARTS) is 1. The van der Waals surface area contributed by atoms with E-state index in [1.807, 2.05) is 0 Å². The maximum atomic E-state index is 10.4. The summed E-state index contributed by atoms with van der Waals surface area (Å²) >= 11 is 2.11. The van der Waals surface area contributed by atoms with E-state index in [-0.39, 0.29) is 0 Å². The van der Waals surface area contributed by atoms with Crippen molar-refractivity contribution in [3.05, 3.63) is 12.2 Å². The summed E-state index contributed by atoms with van der Waals surface area (Å²) in [6.07, 6.45) is 5.90. The molecule has 3 heteroatoms. The lowest BCUT2D eigenvalue weighted by molar-refractivity contribution is -0.137. The molecule has 1 saturated carbocycles. The highest BCUT2D eigenvalue weighted by molar-refractivity contribution is 8.00. The average Bonchev–Trinajstić information content (AvgIpc) is 2.72. The molecule has 1 aliphatic carbocycles. The molecule has 0 radical (unpaired) electrons. The molecule has 0 aromatic heterocycles. The molecule has 2 rings (SSSR count). The molecule has 0 amide bonds. The van der Waals surface area contributed by atoms with E-state index in [1.165, 1.54) is 30.6 Å².